The molecule has 2 rings (SSSR count). The largest absolute Gasteiger partial charge is 0.484 e. The molecule has 0 bridgehead atoms. The molecule has 0 spiro atoms. The first kappa shape index (κ1) is 11.7. The van der Waals surface area contributed by atoms with E-state index >= 15 is 0 Å². The Kier molecular flexibility index (Phi) is 3.43. The van der Waals surface area contributed by atoms with Gasteiger partial charge in [0.05, 0.1) is 0 Å². The van der Waals surface area contributed by atoms with Gasteiger partial charge in [0.1, 0.15) is 12.0 Å². The van der Waals surface area contributed by atoms with Crippen molar-refractivity contribution in [2.24, 2.45) is 0 Å². The van der Waals surface area contributed by atoms with Gasteiger partial charge in [0, 0.05) is 4.47 Å². The van der Waals surface area contributed by atoms with E-state index in [0.29, 0.717) is 5.75 Å². The van der Waals surface area contributed by atoms with Crippen molar-refractivity contribution in [1.29, 1.82) is 0 Å². The van der Waals surface area contributed by atoms with Crippen LogP contribution in [0.15, 0.2) is 39.4 Å². The maximum absolute atomic E-state index is 10.6. The van der Waals surface area contributed by atoms with Crippen LogP contribution in [0.5, 0.6) is 5.75 Å². The number of aromatic nitrogens is 1. The number of aromatic carboxylic acids is 1. The van der Waals surface area contributed by atoms with E-state index in [2.05, 4.69) is 20.9 Å². The standard InChI is InChI=1S/C11H8BrNO4/c12-7-1-3-8(4-2-7)16-6-10-13-9(5-17-10)11(14)15/h1-5H,6H2,(H,14,15). The molecule has 0 amide bonds. The highest BCUT2D eigenvalue weighted by atomic mass is 79.9. The van der Waals surface area contributed by atoms with Crippen LogP contribution in [-0.4, -0.2) is 16.1 Å². The molecule has 2 aromatic rings. The maximum atomic E-state index is 10.6. The summed E-state index contributed by atoms with van der Waals surface area (Å²) in [6.07, 6.45) is 1.09. The maximum Gasteiger partial charge on any atom is 0.357 e. The molecule has 0 aliphatic heterocycles. The van der Waals surface area contributed by atoms with E-state index in [1.54, 1.807) is 12.1 Å². The number of halogens is 1. The van der Waals surface area contributed by atoms with Gasteiger partial charge in [-0.3, -0.25) is 0 Å². The number of carbonyl (C=O) groups is 1. The molecule has 0 atom stereocenters. The molecule has 17 heavy (non-hydrogen) atoms. The van der Waals surface area contributed by atoms with Gasteiger partial charge in [-0.05, 0) is 24.3 Å². The number of hydrogen-bond donors (Lipinski definition) is 1. The van der Waals surface area contributed by atoms with Crippen LogP contribution in [-0.2, 0) is 6.61 Å². The van der Waals surface area contributed by atoms with E-state index in [0.717, 1.165) is 10.7 Å². The molecule has 0 unspecified atom stereocenters. The van der Waals surface area contributed by atoms with E-state index in [-0.39, 0.29) is 18.2 Å². The predicted molar refractivity (Wildman–Crippen MR) is 61.9 cm³/mol. The molecule has 5 nitrogen and oxygen atoms in total. The number of carboxylic acids is 1. The van der Waals surface area contributed by atoms with Gasteiger partial charge < -0.3 is 14.3 Å². The smallest absolute Gasteiger partial charge is 0.357 e. The fourth-order valence-electron chi connectivity index (χ4n) is 1.15. The molecule has 1 aromatic carbocycles. The topological polar surface area (TPSA) is 72.6 Å². The van der Waals surface area contributed by atoms with Gasteiger partial charge >= 0.3 is 5.97 Å². The van der Waals surface area contributed by atoms with Gasteiger partial charge in [-0.2, -0.15) is 0 Å². The lowest BCUT2D eigenvalue weighted by atomic mass is 10.3. The van der Waals surface area contributed by atoms with Crippen LogP contribution in [0.2, 0.25) is 0 Å². The first-order valence-corrected chi connectivity index (χ1v) is 5.50. The van der Waals surface area contributed by atoms with Crippen molar-refractivity contribution in [3.63, 3.8) is 0 Å². The summed E-state index contributed by atoms with van der Waals surface area (Å²) in [5, 5.41) is 8.65. The van der Waals surface area contributed by atoms with Crippen molar-refractivity contribution < 1.29 is 19.1 Å². The summed E-state index contributed by atoms with van der Waals surface area (Å²) in [5.74, 6) is -0.239. The fraction of sp³-hybridized carbons (Fsp3) is 0.0909. The lowest BCUT2D eigenvalue weighted by molar-refractivity contribution is 0.0690. The highest BCUT2D eigenvalue weighted by molar-refractivity contribution is 9.10. The van der Waals surface area contributed by atoms with Crippen molar-refractivity contribution in [2.45, 2.75) is 6.61 Å². The third-order valence-corrected chi connectivity index (χ3v) is 2.48. The van der Waals surface area contributed by atoms with Crippen LogP contribution in [0.1, 0.15) is 16.4 Å². The highest BCUT2D eigenvalue weighted by Crippen LogP contribution is 2.17. The van der Waals surface area contributed by atoms with Crippen LogP contribution in [0.3, 0.4) is 0 Å². The summed E-state index contributed by atoms with van der Waals surface area (Å²) in [6.45, 7) is 0.0922. The first-order valence-electron chi connectivity index (χ1n) is 4.71. The minimum absolute atomic E-state index is 0.0922. The summed E-state index contributed by atoms with van der Waals surface area (Å²) in [5.41, 5.74) is -0.126. The predicted octanol–water partition coefficient (Wildman–Crippen LogP) is 2.71. The van der Waals surface area contributed by atoms with Crippen molar-refractivity contribution in [3.8, 4) is 5.75 Å². The quantitative estimate of drug-likeness (QED) is 0.939. The zero-order chi connectivity index (χ0) is 12.3. The fourth-order valence-corrected chi connectivity index (χ4v) is 1.42. The molecule has 0 saturated heterocycles. The SMILES string of the molecule is O=C(O)c1coc(COc2ccc(Br)cc2)n1. The van der Waals surface area contributed by atoms with Gasteiger partial charge in [-0.1, -0.05) is 15.9 Å². The molecular formula is C11H8BrNO4. The second-order valence-corrected chi connectivity index (χ2v) is 4.09. The first-order chi connectivity index (χ1) is 8.15. The minimum atomic E-state index is -1.12. The van der Waals surface area contributed by atoms with Gasteiger partial charge in [-0.15, -0.1) is 0 Å². The van der Waals surface area contributed by atoms with E-state index in [1.807, 2.05) is 12.1 Å². The molecular weight excluding hydrogens is 290 g/mol. The zero-order valence-corrected chi connectivity index (χ0v) is 10.2. The molecule has 6 heteroatoms. The Morgan fingerprint density at radius 2 is 2.12 bits per heavy atom. The molecule has 0 aliphatic carbocycles. The number of nitrogens with zero attached hydrogens (tertiary/aromatic N) is 1. The average molecular weight is 298 g/mol. The van der Waals surface area contributed by atoms with Crippen molar-refractivity contribution in [2.75, 3.05) is 0 Å². The molecule has 0 aliphatic rings. The summed E-state index contributed by atoms with van der Waals surface area (Å²) >= 11 is 3.31. The number of rotatable bonds is 4. The second-order valence-electron chi connectivity index (χ2n) is 3.17. The van der Waals surface area contributed by atoms with Crippen LogP contribution in [0, 0.1) is 0 Å². The lowest BCUT2D eigenvalue weighted by Gasteiger charge is -2.02. The van der Waals surface area contributed by atoms with Crippen LogP contribution in [0.4, 0.5) is 0 Å². The summed E-state index contributed by atoms with van der Waals surface area (Å²) in [6, 6.07) is 7.25. The molecule has 1 N–H and O–H groups in total. The normalized spacial score (nSPS) is 10.2. The molecule has 1 heterocycles. The van der Waals surface area contributed by atoms with Gasteiger partial charge in [0.25, 0.3) is 0 Å². The highest BCUT2D eigenvalue weighted by Gasteiger charge is 2.10. The van der Waals surface area contributed by atoms with Crippen molar-refractivity contribution >= 4 is 21.9 Å². The van der Waals surface area contributed by atoms with Crippen LogP contribution in [0.25, 0.3) is 0 Å². The lowest BCUT2D eigenvalue weighted by Crippen LogP contribution is -1.99. The third-order valence-electron chi connectivity index (χ3n) is 1.95. The minimum Gasteiger partial charge on any atom is -0.484 e. The van der Waals surface area contributed by atoms with E-state index in [1.165, 1.54) is 0 Å². The third kappa shape index (κ3) is 3.07. The molecule has 1 aromatic heterocycles. The molecule has 0 saturated carbocycles. The Hall–Kier alpha value is -1.82. The Morgan fingerprint density at radius 1 is 1.41 bits per heavy atom. The van der Waals surface area contributed by atoms with E-state index in [9.17, 15) is 4.79 Å². The Labute approximate surface area is 105 Å². The zero-order valence-electron chi connectivity index (χ0n) is 8.59. The van der Waals surface area contributed by atoms with E-state index < -0.39 is 5.97 Å². The number of benzene rings is 1. The monoisotopic (exact) mass is 297 g/mol. The van der Waals surface area contributed by atoms with Crippen LogP contribution < -0.4 is 4.74 Å². The number of hydrogen-bond acceptors (Lipinski definition) is 4. The van der Waals surface area contributed by atoms with E-state index in [4.69, 9.17) is 14.3 Å². The van der Waals surface area contributed by atoms with Crippen LogP contribution >= 0.6 is 15.9 Å². The summed E-state index contributed by atoms with van der Waals surface area (Å²) in [4.78, 5) is 14.3. The van der Waals surface area contributed by atoms with Gasteiger partial charge in [0.15, 0.2) is 12.3 Å². The molecule has 88 valence electrons. The van der Waals surface area contributed by atoms with Crippen molar-refractivity contribution in [1.82, 2.24) is 4.98 Å². The number of ether oxygens (including phenoxy) is 1. The Balaban J connectivity index is 1.97. The Morgan fingerprint density at radius 3 is 2.71 bits per heavy atom. The Bertz CT molecular complexity index is 521. The second kappa shape index (κ2) is 5.01. The number of oxazole rings is 1. The average Bonchev–Trinajstić information content (AvgIpc) is 2.77. The van der Waals surface area contributed by atoms with Crippen molar-refractivity contribution in [3.05, 3.63) is 46.6 Å². The summed E-state index contributed by atoms with van der Waals surface area (Å²) < 4.78 is 11.3. The number of carboxylic acid groups (broad SMARTS) is 1. The molecule has 0 fully saturated rings. The van der Waals surface area contributed by atoms with Gasteiger partial charge in [0.2, 0.25) is 5.89 Å². The summed E-state index contributed by atoms with van der Waals surface area (Å²) in [7, 11) is 0. The van der Waals surface area contributed by atoms with Gasteiger partial charge in [-0.25, -0.2) is 9.78 Å². The molecule has 0 radical (unpaired) electrons.